The minimum Gasteiger partial charge on any atom is -0.511 e. The topological polar surface area (TPSA) is 141 Å². The number of carboxylic acids is 1. The Bertz CT molecular complexity index is 672. The van der Waals surface area contributed by atoms with Gasteiger partial charge in [-0.15, -0.1) is 0 Å². The van der Waals surface area contributed by atoms with Gasteiger partial charge in [0.25, 0.3) is 0 Å². The van der Waals surface area contributed by atoms with Crippen LogP contribution in [0.3, 0.4) is 0 Å². The van der Waals surface area contributed by atoms with Crippen LogP contribution in [0, 0.1) is 5.92 Å². The van der Waals surface area contributed by atoms with Gasteiger partial charge in [-0.05, 0) is 24.8 Å². The lowest BCUT2D eigenvalue weighted by Gasteiger charge is -2.29. The van der Waals surface area contributed by atoms with E-state index in [2.05, 4.69) is 6.58 Å². The quantitative estimate of drug-likeness (QED) is 0.144. The van der Waals surface area contributed by atoms with Crippen LogP contribution in [0.25, 0.3) is 0 Å². The molecule has 8 heteroatoms. The maximum atomic E-state index is 11.7. The number of esters is 1. The summed E-state index contributed by atoms with van der Waals surface area (Å²) in [7, 11) is 0. The fraction of sp³-hybridized carbons (Fsp3) is 0.550. The van der Waals surface area contributed by atoms with Crippen molar-refractivity contribution < 1.29 is 39.5 Å². The Morgan fingerprint density at radius 3 is 2.50 bits per heavy atom. The van der Waals surface area contributed by atoms with Crippen molar-refractivity contribution in [2.75, 3.05) is 6.61 Å². The number of hydrogen-bond donors (Lipinski definition) is 4. The number of cyclic esters (lactones) is 1. The predicted molar refractivity (Wildman–Crippen MR) is 100 cm³/mol. The molecule has 0 saturated carbocycles. The average Bonchev–Trinajstić information content (AvgIpc) is 2.64. The Morgan fingerprint density at radius 2 is 1.96 bits per heavy atom. The van der Waals surface area contributed by atoms with Crippen LogP contribution in [0.15, 0.2) is 35.6 Å². The summed E-state index contributed by atoms with van der Waals surface area (Å²) in [5.41, 5.74) is -2.18. The van der Waals surface area contributed by atoms with Gasteiger partial charge in [-0.2, -0.15) is 0 Å². The zero-order chi connectivity index (χ0) is 21.5. The molecule has 0 aromatic heterocycles. The molecule has 1 saturated heterocycles. The van der Waals surface area contributed by atoms with Crippen molar-refractivity contribution in [3.05, 3.63) is 35.6 Å². The van der Waals surface area contributed by atoms with Crippen molar-refractivity contribution in [2.45, 2.75) is 57.7 Å². The van der Waals surface area contributed by atoms with Crippen LogP contribution in [-0.4, -0.2) is 56.5 Å². The van der Waals surface area contributed by atoms with Gasteiger partial charge in [0, 0.05) is 12.8 Å². The molecule has 156 valence electrons. The first-order chi connectivity index (χ1) is 13.0. The third kappa shape index (κ3) is 5.77. The summed E-state index contributed by atoms with van der Waals surface area (Å²) in [4.78, 5) is 34.7. The smallest absolute Gasteiger partial charge is 0.345 e. The molecule has 28 heavy (non-hydrogen) atoms. The van der Waals surface area contributed by atoms with Crippen LogP contribution in [0.4, 0.5) is 0 Å². The van der Waals surface area contributed by atoms with Gasteiger partial charge in [0.05, 0.1) is 12.7 Å². The Balaban J connectivity index is 2.71. The van der Waals surface area contributed by atoms with Gasteiger partial charge in [0.1, 0.15) is 11.3 Å². The average molecular weight is 396 g/mol. The Kier molecular flexibility index (Phi) is 8.59. The SMILES string of the molecule is C=C(C/C=C/[C@@](O)(C(=O)O)[C@H](O)[C@@H](C)CC)CC/C(O)=C1/C(=O)CCOC1=O. The summed E-state index contributed by atoms with van der Waals surface area (Å²) >= 11 is 0. The van der Waals surface area contributed by atoms with E-state index in [4.69, 9.17) is 4.74 Å². The Labute approximate surface area is 163 Å². The van der Waals surface area contributed by atoms with Gasteiger partial charge < -0.3 is 25.2 Å². The van der Waals surface area contributed by atoms with E-state index in [0.717, 1.165) is 6.08 Å². The van der Waals surface area contributed by atoms with E-state index in [1.807, 2.05) is 0 Å². The zero-order valence-corrected chi connectivity index (χ0v) is 16.2. The molecule has 0 radical (unpaired) electrons. The van der Waals surface area contributed by atoms with Crippen LogP contribution in [0.1, 0.15) is 46.0 Å². The molecule has 1 fully saturated rings. The maximum Gasteiger partial charge on any atom is 0.345 e. The molecular formula is C20H28O8. The number of Topliss-reactive ketones (excluding diaryl/α,β-unsaturated/α-hetero) is 1. The molecule has 0 aromatic rings. The molecule has 4 N–H and O–H groups in total. The third-order valence-electron chi connectivity index (χ3n) is 4.80. The second-order valence-electron chi connectivity index (χ2n) is 6.95. The van der Waals surface area contributed by atoms with Crippen molar-refractivity contribution in [1.82, 2.24) is 0 Å². The molecule has 0 amide bonds. The summed E-state index contributed by atoms with van der Waals surface area (Å²) in [6, 6.07) is 0. The van der Waals surface area contributed by atoms with Crippen LogP contribution >= 0.6 is 0 Å². The van der Waals surface area contributed by atoms with Gasteiger partial charge in [0.15, 0.2) is 5.78 Å². The molecule has 0 aromatic carbocycles. The summed E-state index contributed by atoms with van der Waals surface area (Å²) in [6.45, 7) is 7.21. The summed E-state index contributed by atoms with van der Waals surface area (Å²) in [5, 5.41) is 39.7. The predicted octanol–water partition coefficient (Wildman–Crippen LogP) is 1.82. The minimum absolute atomic E-state index is 0.000929. The van der Waals surface area contributed by atoms with Crippen LogP contribution in [0.5, 0.6) is 0 Å². The standard InChI is InChI=1S/C20H28O8/c1-4-13(3)17(23)20(27,19(25)26)10-5-6-12(2)7-8-14(21)16-15(22)9-11-28-18(16)24/h5,10,13,17,21,23,27H,2,4,6-9,11H2,1,3H3,(H,25,26)/b10-5+,16-14+/t13-,17+,20-/m0/s1. The van der Waals surface area contributed by atoms with Gasteiger partial charge >= 0.3 is 11.9 Å². The third-order valence-corrected chi connectivity index (χ3v) is 4.80. The van der Waals surface area contributed by atoms with Crippen molar-refractivity contribution in [2.24, 2.45) is 5.92 Å². The second-order valence-corrected chi connectivity index (χ2v) is 6.95. The van der Waals surface area contributed by atoms with Crippen molar-refractivity contribution in [3.63, 3.8) is 0 Å². The highest BCUT2D eigenvalue weighted by molar-refractivity contribution is 6.18. The van der Waals surface area contributed by atoms with Crippen molar-refractivity contribution in [3.8, 4) is 0 Å². The van der Waals surface area contributed by atoms with Gasteiger partial charge in [-0.25, -0.2) is 9.59 Å². The first kappa shape index (κ1) is 23.6. The van der Waals surface area contributed by atoms with Crippen LogP contribution < -0.4 is 0 Å². The largest absolute Gasteiger partial charge is 0.511 e. The molecule has 0 unspecified atom stereocenters. The number of allylic oxidation sites excluding steroid dienone is 3. The number of aliphatic hydroxyl groups excluding tert-OH is 2. The summed E-state index contributed by atoms with van der Waals surface area (Å²) in [5.74, 6) is -3.66. The van der Waals surface area contributed by atoms with Crippen molar-refractivity contribution in [1.29, 1.82) is 0 Å². The number of ketones is 1. The van der Waals surface area contributed by atoms with Crippen molar-refractivity contribution >= 4 is 17.7 Å². The highest BCUT2D eigenvalue weighted by atomic mass is 16.5. The molecule has 1 heterocycles. The van der Waals surface area contributed by atoms with E-state index in [1.54, 1.807) is 13.8 Å². The van der Waals surface area contributed by atoms with E-state index < -0.39 is 35.3 Å². The van der Waals surface area contributed by atoms with E-state index in [-0.39, 0.29) is 43.6 Å². The number of hydrogen-bond acceptors (Lipinski definition) is 7. The van der Waals surface area contributed by atoms with E-state index >= 15 is 0 Å². The zero-order valence-electron chi connectivity index (χ0n) is 16.2. The number of carboxylic acid groups (broad SMARTS) is 1. The number of aliphatic carboxylic acids is 1. The number of rotatable bonds is 10. The maximum absolute atomic E-state index is 11.7. The molecule has 1 aliphatic rings. The molecular weight excluding hydrogens is 368 g/mol. The molecule has 3 atom stereocenters. The van der Waals surface area contributed by atoms with E-state index in [9.17, 15) is 34.8 Å². The number of carbonyl (C=O) groups is 3. The highest BCUT2D eigenvalue weighted by Gasteiger charge is 2.43. The molecule has 0 bridgehead atoms. The van der Waals surface area contributed by atoms with Gasteiger partial charge in [-0.3, -0.25) is 4.79 Å². The molecule has 1 aliphatic heterocycles. The lowest BCUT2D eigenvalue weighted by Crippen LogP contribution is -2.50. The molecule has 8 nitrogen and oxygen atoms in total. The van der Waals surface area contributed by atoms with Gasteiger partial charge in [-0.1, -0.05) is 38.5 Å². The Morgan fingerprint density at radius 1 is 1.32 bits per heavy atom. The van der Waals surface area contributed by atoms with E-state index in [1.165, 1.54) is 6.08 Å². The molecule has 1 rings (SSSR count). The fourth-order valence-electron chi connectivity index (χ4n) is 2.71. The monoisotopic (exact) mass is 396 g/mol. The second kappa shape index (κ2) is 10.2. The fourth-order valence-corrected chi connectivity index (χ4v) is 2.71. The summed E-state index contributed by atoms with van der Waals surface area (Å²) < 4.78 is 4.75. The lowest BCUT2D eigenvalue weighted by atomic mass is 9.85. The Hall–Kier alpha value is -2.45. The first-order valence-corrected chi connectivity index (χ1v) is 9.15. The number of ether oxygens (including phenoxy) is 1. The van der Waals surface area contributed by atoms with Crippen LogP contribution in [0.2, 0.25) is 0 Å². The molecule has 0 spiro atoms. The highest BCUT2D eigenvalue weighted by Crippen LogP contribution is 2.24. The molecule has 0 aliphatic carbocycles. The number of carbonyl (C=O) groups excluding carboxylic acids is 2. The number of aliphatic hydroxyl groups is 3. The first-order valence-electron chi connectivity index (χ1n) is 9.15. The summed E-state index contributed by atoms with van der Waals surface area (Å²) in [6.07, 6.45) is 1.87. The normalized spacial score (nSPS) is 21.0. The minimum atomic E-state index is -2.42. The van der Waals surface area contributed by atoms with E-state index in [0.29, 0.717) is 12.0 Å². The lowest BCUT2D eigenvalue weighted by molar-refractivity contribution is -0.167. The van der Waals surface area contributed by atoms with Gasteiger partial charge in [0.2, 0.25) is 5.60 Å². The van der Waals surface area contributed by atoms with Crippen LogP contribution in [-0.2, 0) is 19.1 Å².